The van der Waals surface area contributed by atoms with E-state index in [0.29, 0.717) is 0 Å². The number of hydrogen-bond acceptors (Lipinski definition) is 3. The van der Waals surface area contributed by atoms with E-state index in [1.165, 1.54) is 17.8 Å². The third-order valence-corrected chi connectivity index (χ3v) is 3.70. The number of benzene rings is 1. The number of imidazole rings is 1. The van der Waals surface area contributed by atoms with Crippen LogP contribution in [0.5, 0.6) is 0 Å². The molecule has 100 valence electrons. The first-order chi connectivity index (χ1) is 9.34. The van der Waals surface area contributed by atoms with Gasteiger partial charge in [0.1, 0.15) is 5.82 Å². The lowest BCUT2D eigenvalue weighted by molar-refractivity contribution is 0.636. The van der Waals surface area contributed by atoms with Gasteiger partial charge in [0.05, 0.1) is 11.4 Å². The van der Waals surface area contributed by atoms with Gasteiger partial charge in [0.2, 0.25) is 0 Å². The number of anilines is 2. The molecule has 2 aromatic rings. The van der Waals surface area contributed by atoms with E-state index >= 15 is 0 Å². The molecule has 1 aromatic carbocycles. The number of rotatable bonds is 3. The SMILES string of the molecule is Cc1nccn1CCN1CCCNc2ccccc21. The minimum Gasteiger partial charge on any atom is -0.383 e. The molecule has 0 fully saturated rings. The van der Waals surface area contributed by atoms with E-state index in [0.717, 1.165) is 32.0 Å². The Labute approximate surface area is 114 Å². The van der Waals surface area contributed by atoms with Crippen molar-refractivity contribution in [2.45, 2.75) is 19.9 Å². The highest BCUT2D eigenvalue weighted by Crippen LogP contribution is 2.27. The number of para-hydroxylation sites is 2. The van der Waals surface area contributed by atoms with Gasteiger partial charge >= 0.3 is 0 Å². The second-order valence-electron chi connectivity index (χ2n) is 4.95. The van der Waals surface area contributed by atoms with Gasteiger partial charge in [-0.25, -0.2) is 4.98 Å². The van der Waals surface area contributed by atoms with E-state index in [2.05, 4.69) is 57.2 Å². The summed E-state index contributed by atoms with van der Waals surface area (Å²) in [7, 11) is 0. The van der Waals surface area contributed by atoms with Gasteiger partial charge in [-0.05, 0) is 25.5 Å². The highest BCUT2D eigenvalue weighted by Gasteiger charge is 2.14. The monoisotopic (exact) mass is 256 g/mol. The fraction of sp³-hybridized carbons (Fsp3) is 0.400. The zero-order valence-electron chi connectivity index (χ0n) is 11.3. The van der Waals surface area contributed by atoms with Gasteiger partial charge in [0.15, 0.2) is 0 Å². The first kappa shape index (κ1) is 12.1. The van der Waals surface area contributed by atoms with Crippen LogP contribution in [0.3, 0.4) is 0 Å². The largest absolute Gasteiger partial charge is 0.383 e. The van der Waals surface area contributed by atoms with Gasteiger partial charge in [-0.1, -0.05) is 12.1 Å². The second-order valence-corrected chi connectivity index (χ2v) is 4.95. The third-order valence-electron chi connectivity index (χ3n) is 3.70. The molecule has 19 heavy (non-hydrogen) atoms. The lowest BCUT2D eigenvalue weighted by atomic mass is 10.2. The standard InChI is InChI=1S/C15H20N4/c1-13-16-8-10-18(13)11-12-19-9-4-7-17-14-5-2-3-6-15(14)19/h2-3,5-6,8,10,17H,4,7,9,11-12H2,1H3. The zero-order chi connectivity index (χ0) is 13.1. The highest BCUT2D eigenvalue weighted by molar-refractivity contribution is 5.70. The van der Waals surface area contributed by atoms with Gasteiger partial charge in [-0.15, -0.1) is 0 Å². The normalized spacial score (nSPS) is 14.7. The molecular formula is C15H20N4. The maximum atomic E-state index is 4.28. The molecule has 0 saturated heterocycles. The van der Waals surface area contributed by atoms with E-state index in [1.54, 1.807) is 0 Å². The summed E-state index contributed by atoms with van der Waals surface area (Å²) >= 11 is 0. The first-order valence-electron chi connectivity index (χ1n) is 6.90. The van der Waals surface area contributed by atoms with Gasteiger partial charge < -0.3 is 14.8 Å². The van der Waals surface area contributed by atoms with E-state index in [1.807, 2.05) is 6.20 Å². The van der Waals surface area contributed by atoms with E-state index < -0.39 is 0 Å². The number of nitrogens with zero attached hydrogens (tertiary/aromatic N) is 3. The predicted octanol–water partition coefficient (Wildman–Crippen LogP) is 2.51. The Balaban J connectivity index is 1.75. The fourth-order valence-electron chi connectivity index (χ4n) is 2.61. The van der Waals surface area contributed by atoms with Crippen LogP contribution in [0.25, 0.3) is 0 Å². The van der Waals surface area contributed by atoms with Crippen LogP contribution in [0.2, 0.25) is 0 Å². The average molecular weight is 256 g/mol. The molecule has 4 heteroatoms. The van der Waals surface area contributed by atoms with Crippen LogP contribution in [-0.4, -0.2) is 29.2 Å². The summed E-state index contributed by atoms with van der Waals surface area (Å²) in [6, 6.07) is 8.57. The van der Waals surface area contributed by atoms with Crippen molar-refractivity contribution in [3.8, 4) is 0 Å². The number of nitrogens with one attached hydrogen (secondary N) is 1. The molecule has 2 heterocycles. The quantitative estimate of drug-likeness (QED) is 0.916. The van der Waals surface area contributed by atoms with Crippen LogP contribution in [0, 0.1) is 6.92 Å². The second kappa shape index (κ2) is 5.34. The summed E-state index contributed by atoms with van der Waals surface area (Å²) in [5.74, 6) is 1.08. The Kier molecular flexibility index (Phi) is 3.40. The third kappa shape index (κ3) is 2.57. The molecule has 0 amide bonds. The molecule has 0 bridgehead atoms. The van der Waals surface area contributed by atoms with Crippen LogP contribution in [-0.2, 0) is 6.54 Å². The number of aromatic nitrogens is 2. The van der Waals surface area contributed by atoms with Crippen LogP contribution in [0.4, 0.5) is 11.4 Å². The number of fused-ring (bicyclic) bond motifs is 1. The van der Waals surface area contributed by atoms with Crippen molar-refractivity contribution in [1.82, 2.24) is 9.55 Å². The number of aryl methyl sites for hydroxylation is 1. The van der Waals surface area contributed by atoms with Crippen LogP contribution < -0.4 is 10.2 Å². The van der Waals surface area contributed by atoms with Crippen LogP contribution in [0.15, 0.2) is 36.7 Å². The van der Waals surface area contributed by atoms with Crippen molar-refractivity contribution in [2.75, 3.05) is 29.9 Å². The first-order valence-corrected chi connectivity index (χ1v) is 6.90. The van der Waals surface area contributed by atoms with E-state index in [-0.39, 0.29) is 0 Å². The molecule has 4 nitrogen and oxygen atoms in total. The minimum atomic E-state index is 0.986. The summed E-state index contributed by atoms with van der Waals surface area (Å²) in [5.41, 5.74) is 2.57. The van der Waals surface area contributed by atoms with Gasteiger partial charge in [-0.3, -0.25) is 0 Å². The molecule has 1 aromatic heterocycles. The molecule has 0 saturated carbocycles. The summed E-state index contributed by atoms with van der Waals surface area (Å²) in [5, 5.41) is 3.50. The Hall–Kier alpha value is -1.97. The highest BCUT2D eigenvalue weighted by atomic mass is 15.2. The summed E-state index contributed by atoms with van der Waals surface area (Å²) in [4.78, 5) is 6.74. The lowest BCUT2D eigenvalue weighted by Gasteiger charge is -2.24. The Morgan fingerprint density at radius 1 is 1.26 bits per heavy atom. The van der Waals surface area contributed by atoms with Gasteiger partial charge in [0, 0.05) is 38.6 Å². The Morgan fingerprint density at radius 2 is 2.16 bits per heavy atom. The van der Waals surface area contributed by atoms with Crippen molar-refractivity contribution >= 4 is 11.4 Å². The molecular weight excluding hydrogens is 236 g/mol. The molecule has 0 spiro atoms. The van der Waals surface area contributed by atoms with Crippen molar-refractivity contribution in [3.63, 3.8) is 0 Å². The predicted molar refractivity (Wildman–Crippen MR) is 78.7 cm³/mol. The summed E-state index contributed by atoms with van der Waals surface area (Å²) in [6.45, 7) is 6.23. The molecule has 1 aliphatic heterocycles. The summed E-state index contributed by atoms with van der Waals surface area (Å²) < 4.78 is 2.21. The topological polar surface area (TPSA) is 33.1 Å². The fourth-order valence-corrected chi connectivity index (χ4v) is 2.61. The smallest absolute Gasteiger partial charge is 0.105 e. The maximum Gasteiger partial charge on any atom is 0.105 e. The molecule has 1 aliphatic rings. The van der Waals surface area contributed by atoms with Crippen molar-refractivity contribution in [1.29, 1.82) is 0 Å². The minimum absolute atomic E-state index is 0.986. The Bertz CT molecular complexity index is 547. The lowest BCUT2D eigenvalue weighted by Crippen LogP contribution is -2.28. The summed E-state index contributed by atoms with van der Waals surface area (Å²) in [6.07, 6.45) is 5.10. The molecule has 0 unspecified atom stereocenters. The number of hydrogen-bond donors (Lipinski definition) is 1. The zero-order valence-corrected chi connectivity index (χ0v) is 11.3. The molecule has 1 N–H and O–H groups in total. The van der Waals surface area contributed by atoms with E-state index in [9.17, 15) is 0 Å². The van der Waals surface area contributed by atoms with Crippen molar-refractivity contribution in [3.05, 3.63) is 42.5 Å². The molecule has 0 aliphatic carbocycles. The van der Waals surface area contributed by atoms with E-state index in [4.69, 9.17) is 0 Å². The molecule has 0 atom stereocenters. The molecule has 0 radical (unpaired) electrons. The average Bonchev–Trinajstić information content (AvgIpc) is 2.73. The molecule has 3 rings (SSSR count). The van der Waals surface area contributed by atoms with Crippen LogP contribution >= 0.6 is 0 Å². The van der Waals surface area contributed by atoms with Gasteiger partial charge in [0.25, 0.3) is 0 Å². The van der Waals surface area contributed by atoms with Crippen molar-refractivity contribution < 1.29 is 0 Å². The van der Waals surface area contributed by atoms with Crippen LogP contribution in [0.1, 0.15) is 12.2 Å². The maximum absolute atomic E-state index is 4.28. The van der Waals surface area contributed by atoms with Gasteiger partial charge in [-0.2, -0.15) is 0 Å². The van der Waals surface area contributed by atoms with Crippen molar-refractivity contribution in [2.24, 2.45) is 0 Å². The Morgan fingerprint density at radius 3 is 3.00 bits per heavy atom.